The van der Waals surface area contributed by atoms with Gasteiger partial charge >= 0.3 is 12.4 Å². The number of imide groups is 1. The molecule has 208 valence electrons. The highest BCUT2D eigenvalue weighted by Gasteiger charge is 2.43. The topological polar surface area (TPSA) is 86.3 Å². The van der Waals surface area contributed by atoms with Crippen LogP contribution in [0.2, 0.25) is 0 Å². The number of urea groups is 1. The highest BCUT2D eigenvalue weighted by Crippen LogP contribution is 2.30. The summed E-state index contributed by atoms with van der Waals surface area (Å²) in [4.78, 5) is 49.7. The molecule has 12 heteroatoms. The Morgan fingerprint density at radius 2 is 1.62 bits per heavy atom. The van der Waals surface area contributed by atoms with E-state index >= 15 is 0 Å². The van der Waals surface area contributed by atoms with Gasteiger partial charge in [0.15, 0.2) is 0 Å². The Morgan fingerprint density at radius 3 is 2.27 bits per heavy atom. The third-order valence-electron chi connectivity index (χ3n) is 6.90. The second-order valence-electron chi connectivity index (χ2n) is 9.47. The van der Waals surface area contributed by atoms with Gasteiger partial charge < -0.3 is 19.4 Å². The van der Waals surface area contributed by atoms with Crippen LogP contribution < -0.4 is 14.5 Å². The number of carbonyl (C=O) groups excluding carboxylic acids is 3. The zero-order chi connectivity index (χ0) is 28.4. The molecule has 4 amide bonds. The zero-order valence-electron chi connectivity index (χ0n) is 21.5. The van der Waals surface area contributed by atoms with E-state index in [4.69, 9.17) is 0 Å². The number of rotatable bonds is 6. The normalized spacial score (nSPS) is 17.9. The average molecular weight is 554 g/mol. The quantitative estimate of drug-likeness (QED) is 0.423. The standard InChI is InChI=1S/C28H26F3N5O4/c1-19-25(37)36(22-7-9-23(10-8-22)40-28(29,30)31)27(39)35(19)18-20-11-12-32-24(17-20)26(38)34-15-13-33(14-16-34)21-5-3-2-4-6-21/h2-12,17,19H,13-16,18H2,1H3. The van der Waals surface area contributed by atoms with E-state index in [2.05, 4.69) is 14.6 Å². The third-order valence-corrected chi connectivity index (χ3v) is 6.90. The minimum Gasteiger partial charge on any atom is -0.406 e. The molecule has 40 heavy (non-hydrogen) atoms. The summed E-state index contributed by atoms with van der Waals surface area (Å²) in [6.07, 6.45) is -3.36. The number of anilines is 2. The van der Waals surface area contributed by atoms with Crippen molar-refractivity contribution in [1.29, 1.82) is 0 Å². The van der Waals surface area contributed by atoms with E-state index in [0.29, 0.717) is 31.7 Å². The van der Waals surface area contributed by atoms with Crippen LogP contribution in [-0.2, 0) is 11.3 Å². The first-order valence-electron chi connectivity index (χ1n) is 12.7. The van der Waals surface area contributed by atoms with Crippen molar-refractivity contribution in [3.8, 4) is 5.75 Å². The Kier molecular flexibility index (Phi) is 7.33. The fourth-order valence-electron chi connectivity index (χ4n) is 4.80. The minimum atomic E-state index is -4.85. The van der Waals surface area contributed by atoms with Crippen LogP contribution in [0.4, 0.5) is 29.3 Å². The summed E-state index contributed by atoms with van der Waals surface area (Å²) >= 11 is 0. The summed E-state index contributed by atoms with van der Waals surface area (Å²) in [5.41, 5.74) is 2.09. The second kappa shape index (κ2) is 10.9. The van der Waals surface area contributed by atoms with Gasteiger partial charge in [-0.05, 0) is 61.0 Å². The Balaban J connectivity index is 1.24. The number of alkyl halides is 3. The van der Waals surface area contributed by atoms with E-state index in [9.17, 15) is 27.6 Å². The number of carbonyl (C=O) groups is 3. The number of para-hydroxylation sites is 1. The lowest BCUT2D eigenvalue weighted by Gasteiger charge is -2.36. The highest BCUT2D eigenvalue weighted by molar-refractivity contribution is 6.21. The van der Waals surface area contributed by atoms with Crippen LogP contribution in [0.15, 0.2) is 72.9 Å². The van der Waals surface area contributed by atoms with Crippen LogP contribution in [0, 0.1) is 0 Å². The van der Waals surface area contributed by atoms with Crippen LogP contribution in [0.5, 0.6) is 5.75 Å². The molecule has 1 atom stereocenters. The van der Waals surface area contributed by atoms with E-state index in [1.165, 1.54) is 23.2 Å². The number of amides is 4. The Hall–Kier alpha value is -4.61. The number of halogens is 3. The van der Waals surface area contributed by atoms with E-state index in [1.54, 1.807) is 24.0 Å². The molecule has 1 aromatic heterocycles. The van der Waals surface area contributed by atoms with Gasteiger partial charge in [0, 0.05) is 44.6 Å². The average Bonchev–Trinajstić information content (AvgIpc) is 3.16. The maximum absolute atomic E-state index is 13.2. The molecule has 3 aromatic rings. The molecule has 1 unspecified atom stereocenters. The van der Waals surface area contributed by atoms with Gasteiger partial charge in [0.2, 0.25) is 0 Å². The number of pyridine rings is 1. The van der Waals surface area contributed by atoms with E-state index in [0.717, 1.165) is 22.7 Å². The largest absolute Gasteiger partial charge is 0.573 e. The molecule has 3 heterocycles. The number of aromatic nitrogens is 1. The highest BCUT2D eigenvalue weighted by atomic mass is 19.4. The molecule has 2 saturated heterocycles. The summed E-state index contributed by atoms with van der Waals surface area (Å²) in [5, 5.41) is 0. The van der Waals surface area contributed by atoms with Crippen molar-refractivity contribution >= 4 is 29.2 Å². The van der Waals surface area contributed by atoms with Crippen molar-refractivity contribution in [3.05, 3.63) is 84.2 Å². The van der Waals surface area contributed by atoms with Gasteiger partial charge in [-0.15, -0.1) is 13.2 Å². The maximum atomic E-state index is 13.2. The lowest BCUT2D eigenvalue weighted by atomic mass is 10.1. The summed E-state index contributed by atoms with van der Waals surface area (Å²) in [6, 6.07) is 16.3. The fourth-order valence-corrected chi connectivity index (χ4v) is 4.80. The molecule has 0 aliphatic carbocycles. The summed E-state index contributed by atoms with van der Waals surface area (Å²) in [6.45, 7) is 4.07. The number of nitrogens with zero attached hydrogens (tertiary/aromatic N) is 5. The first-order chi connectivity index (χ1) is 19.1. The molecule has 0 N–H and O–H groups in total. The molecule has 9 nitrogen and oxygen atoms in total. The first kappa shape index (κ1) is 27.0. The smallest absolute Gasteiger partial charge is 0.406 e. The number of hydrogen-bond acceptors (Lipinski definition) is 6. The molecule has 2 aliphatic rings. The molecule has 0 bridgehead atoms. The molecular formula is C28H26F3N5O4. The molecule has 2 aliphatic heterocycles. The third kappa shape index (κ3) is 5.70. The Labute approximate surface area is 228 Å². The Bertz CT molecular complexity index is 1390. The Morgan fingerprint density at radius 1 is 0.950 bits per heavy atom. The van der Waals surface area contributed by atoms with E-state index < -0.39 is 30.1 Å². The van der Waals surface area contributed by atoms with Gasteiger partial charge in [0.05, 0.1) is 5.69 Å². The second-order valence-corrected chi connectivity index (χ2v) is 9.47. The predicted molar refractivity (Wildman–Crippen MR) is 140 cm³/mol. The van der Waals surface area contributed by atoms with Crippen molar-refractivity contribution in [1.82, 2.24) is 14.8 Å². The predicted octanol–water partition coefficient (Wildman–Crippen LogP) is 4.30. The molecule has 0 spiro atoms. The molecule has 0 radical (unpaired) electrons. The number of ether oxygens (including phenoxy) is 1. The number of hydrogen-bond donors (Lipinski definition) is 0. The lowest BCUT2D eigenvalue weighted by Crippen LogP contribution is -2.49. The summed E-state index contributed by atoms with van der Waals surface area (Å²) < 4.78 is 41.2. The SMILES string of the molecule is CC1C(=O)N(c2ccc(OC(F)(F)F)cc2)C(=O)N1Cc1ccnc(C(=O)N2CCN(c3ccccc3)CC2)c1. The van der Waals surface area contributed by atoms with Crippen molar-refractivity contribution in [3.63, 3.8) is 0 Å². The van der Waals surface area contributed by atoms with Crippen molar-refractivity contribution in [2.75, 3.05) is 36.0 Å². The number of benzene rings is 2. The van der Waals surface area contributed by atoms with E-state index in [-0.39, 0.29) is 23.8 Å². The van der Waals surface area contributed by atoms with Crippen LogP contribution in [0.3, 0.4) is 0 Å². The monoisotopic (exact) mass is 553 g/mol. The lowest BCUT2D eigenvalue weighted by molar-refractivity contribution is -0.274. The van der Waals surface area contributed by atoms with Crippen LogP contribution in [0.1, 0.15) is 23.0 Å². The van der Waals surface area contributed by atoms with Crippen molar-refractivity contribution in [2.45, 2.75) is 25.9 Å². The molecular weight excluding hydrogens is 527 g/mol. The van der Waals surface area contributed by atoms with Gasteiger partial charge in [-0.3, -0.25) is 14.6 Å². The van der Waals surface area contributed by atoms with Gasteiger partial charge in [0.1, 0.15) is 17.5 Å². The molecule has 2 fully saturated rings. The van der Waals surface area contributed by atoms with Crippen LogP contribution >= 0.6 is 0 Å². The summed E-state index contributed by atoms with van der Waals surface area (Å²) in [7, 11) is 0. The van der Waals surface area contributed by atoms with Gasteiger partial charge in [-0.25, -0.2) is 9.69 Å². The van der Waals surface area contributed by atoms with Crippen LogP contribution in [0.25, 0.3) is 0 Å². The number of piperazine rings is 1. The zero-order valence-corrected chi connectivity index (χ0v) is 21.5. The van der Waals surface area contributed by atoms with Gasteiger partial charge in [-0.2, -0.15) is 0 Å². The van der Waals surface area contributed by atoms with Gasteiger partial charge in [-0.1, -0.05) is 18.2 Å². The molecule has 5 rings (SSSR count). The minimum absolute atomic E-state index is 0.0437. The van der Waals surface area contributed by atoms with Crippen molar-refractivity contribution in [2.24, 2.45) is 0 Å². The maximum Gasteiger partial charge on any atom is 0.573 e. The van der Waals surface area contributed by atoms with Crippen LogP contribution in [-0.4, -0.2) is 71.2 Å². The van der Waals surface area contributed by atoms with E-state index in [1.807, 2.05) is 30.3 Å². The fraction of sp³-hybridized carbons (Fsp3) is 0.286. The summed E-state index contributed by atoms with van der Waals surface area (Å²) in [5.74, 6) is -1.19. The molecule has 2 aromatic carbocycles. The molecule has 0 saturated carbocycles. The van der Waals surface area contributed by atoms with Crippen molar-refractivity contribution < 1.29 is 32.3 Å². The first-order valence-corrected chi connectivity index (χ1v) is 12.7. The van der Waals surface area contributed by atoms with Gasteiger partial charge in [0.25, 0.3) is 11.8 Å².